The van der Waals surface area contributed by atoms with Crippen LogP contribution in [0.15, 0.2) is 109 Å². The minimum atomic E-state index is -1.13. The summed E-state index contributed by atoms with van der Waals surface area (Å²) in [5.41, 5.74) is 1.84. The highest BCUT2D eigenvalue weighted by Crippen LogP contribution is 2.46. The number of hydrogen-bond acceptors (Lipinski definition) is 8. The van der Waals surface area contributed by atoms with Gasteiger partial charge in [0.1, 0.15) is 30.0 Å². The van der Waals surface area contributed by atoms with E-state index in [2.05, 4.69) is 5.32 Å². The molecular formula is C37H35N3O8. The highest BCUT2D eigenvalue weighted by molar-refractivity contribution is 6.10. The molecule has 48 heavy (non-hydrogen) atoms. The molecule has 0 aromatic heterocycles. The van der Waals surface area contributed by atoms with Crippen LogP contribution in [0.3, 0.4) is 0 Å². The van der Waals surface area contributed by atoms with E-state index in [9.17, 15) is 19.7 Å². The molecule has 11 heteroatoms. The third-order valence-corrected chi connectivity index (χ3v) is 9.14. The minimum absolute atomic E-state index is 0.0197. The molecule has 3 heterocycles. The number of fused-ring (bicyclic) bond motifs is 2. The van der Waals surface area contributed by atoms with Crippen molar-refractivity contribution >= 4 is 23.2 Å². The molecule has 0 radical (unpaired) electrons. The number of hydrogen-bond donors (Lipinski definition) is 1. The zero-order chi connectivity index (χ0) is 33.1. The number of amides is 2. The van der Waals surface area contributed by atoms with Crippen LogP contribution in [-0.4, -0.2) is 64.7 Å². The summed E-state index contributed by atoms with van der Waals surface area (Å²) in [6, 6.07) is 32.3. The van der Waals surface area contributed by atoms with Crippen molar-refractivity contribution < 1.29 is 33.5 Å². The van der Waals surface area contributed by atoms with Gasteiger partial charge in [-0.05, 0) is 22.8 Å². The molecular weight excluding hydrogens is 614 g/mol. The molecule has 4 aromatic rings. The number of nitrogens with one attached hydrogen (secondary N) is 1. The molecule has 11 nitrogen and oxygen atoms in total. The van der Waals surface area contributed by atoms with Gasteiger partial charge in [-0.25, -0.2) is 0 Å². The van der Waals surface area contributed by atoms with Gasteiger partial charge in [-0.3, -0.25) is 19.7 Å². The first-order valence-electron chi connectivity index (χ1n) is 15.9. The van der Waals surface area contributed by atoms with Gasteiger partial charge in [0.05, 0.1) is 49.1 Å². The van der Waals surface area contributed by atoms with Crippen molar-refractivity contribution in [1.29, 1.82) is 0 Å². The van der Waals surface area contributed by atoms with Gasteiger partial charge in [0.2, 0.25) is 5.91 Å². The molecule has 2 amide bonds. The molecule has 3 aliphatic heterocycles. The number of non-ortho nitro benzene ring substituents is 1. The van der Waals surface area contributed by atoms with Crippen LogP contribution in [0.25, 0.3) is 0 Å². The first-order chi connectivity index (χ1) is 23.4. The highest BCUT2D eigenvalue weighted by atomic mass is 16.6. The normalized spacial score (nSPS) is 24.6. The van der Waals surface area contributed by atoms with Crippen molar-refractivity contribution in [3.05, 3.63) is 142 Å². The summed E-state index contributed by atoms with van der Waals surface area (Å²) in [5, 5.41) is 14.4. The number of nitrogens with zero attached hydrogens (tertiary/aromatic N) is 2. The van der Waals surface area contributed by atoms with E-state index in [4.69, 9.17) is 18.9 Å². The maximum absolute atomic E-state index is 14.0. The fourth-order valence-electron chi connectivity index (χ4n) is 6.84. The summed E-state index contributed by atoms with van der Waals surface area (Å²) in [4.78, 5) is 40.1. The molecule has 0 saturated carbocycles. The van der Waals surface area contributed by atoms with Crippen LogP contribution in [0.2, 0.25) is 0 Å². The van der Waals surface area contributed by atoms with Crippen LogP contribution in [0.4, 0.5) is 11.4 Å². The zero-order valence-electron chi connectivity index (χ0n) is 26.1. The van der Waals surface area contributed by atoms with E-state index in [1.165, 1.54) is 23.1 Å². The topological polar surface area (TPSA) is 129 Å². The summed E-state index contributed by atoms with van der Waals surface area (Å²) in [6.07, 6.45) is -1.75. The van der Waals surface area contributed by atoms with E-state index in [1.807, 2.05) is 91.0 Å². The van der Waals surface area contributed by atoms with Crippen molar-refractivity contribution in [2.45, 2.75) is 56.2 Å². The van der Waals surface area contributed by atoms with Gasteiger partial charge in [0.15, 0.2) is 0 Å². The van der Waals surface area contributed by atoms with E-state index in [0.717, 1.165) is 16.7 Å². The Labute approximate surface area is 277 Å². The predicted octanol–water partition coefficient (Wildman–Crippen LogP) is 5.29. The Kier molecular flexibility index (Phi) is 9.00. The number of anilines is 1. The van der Waals surface area contributed by atoms with E-state index < -0.39 is 46.7 Å². The lowest BCUT2D eigenvalue weighted by atomic mass is 9.91. The van der Waals surface area contributed by atoms with Crippen LogP contribution in [0, 0.1) is 10.1 Å². The molecule has 2 fully saturated rings. The lowest BCUT2D eigenvalue weighted by Crippen LogP contribution is -2.48. The molecule has 4 aromatic carbocycles. The number of carbonyl (C=O) groups is 2. The Hall–Kier alpha value is -4.94. The first-order valence-corrected chi connectivity index (χ1v) is 15.9. The van der Waals surface area contributed by atoms with Crippen molar-refractivity contribution in [3.8, 4) is 0 Å². The Morgan fingerprint density at radius 1 is 0.833 bits per heavy atom. The molecule has 3 aliphatic rings. The molecule has 0 unspecified atom stereocenters. The van der Waals surface area contributed by atoms with Crippen molar-refractivity contribution in [2.24, 2.45) is 0 Å². The van der Waals surface area contributed by atoms with Gasteiger partial charge in [0, 0.05) is 18.6 Å². The second-order valence-electron chi connectivity index (χ2n) is 12.3. The molecule has 5 atom stereocenters. The summed E-state index contributed by atoms with van der Waals surface area (Å²) in [7, 11) is 0. The summed E-state index contributed by atoms with van der Waals surface area (Å²) >= 11 is 0. The summed E-state index contributed by atoms with van der Waals surface area (Å²) in [6.45, 7) is 1.10. The van der Waals surface area contributed by atoms with Crippen molar-refractivity contribution in [1.82, 2.24) is 4.90 Å². The fraction of sp³-hybridized carbons (Fsp3) is 0.297. The minimum Gasteiger partial charge on any atom is -0.374 e. The van der Waals surface area contributed by atoms with Crippen LogP contribution < -0.4 is 5.32 Å². The Morgan fingerprint density at radius 3 is 2.06 bits per heavy atom. The number of carbonyl (C=O) groups excluding carboxylic acids is 2. The fourth-order valence-corrected chi connectivity index (χ4v) is 6.84. The number of rotatable bonds is 11. The molecule has 2 saturated heterocycles. The Bertz CT molecular complexity index is 1770. The van der Waals surface area contributed by atoms with E-state index in [0.29, 0.717) is 6.61 Å². The number of nitro groups is 1. The molecule has 0 bridgehead atoms. The van der Waals surface area contributed by atoms with Gasteiger partial charge in [-0.1, -0.05) is 91.0 Å². The van der Waals surface area contributed by atoms with Crippen LogP contribution in [0.5, 0.6) is 0 Å². The SMILES string of the molecule is O=C1Nc2ccc([N+](=O)[O-])cc2C(=O)N2C[C@]3(C[C@H]12)O[C@H](COCc1ccccc1)[C@@H](OCc1ccccc1)[C@@H]3OCc1ccccc1. The van der Waals surface area contributed by atoms with Gasteiger partial charge in [-0.2, -0.15) is 0 Å². The Morgan fingerprint density at radius 2 is 1.44 bits per heavy atom. The third-order valence-electron chi connectivity index (χ3n) is 9.14. The van der Waals surface area contributed by atoms with E-state index in [1.54, 1.807) is 0 Å². The van der Waals surface area contributed by atoms with Crippen molar-refractivity contribution in [2.75, 3.05) is 18.5 Å². The Balaban J connectivity index is 1.21. The number of nitro benzene ring substituents is 1. The van der Waals surface area contributed by atoms with Crippen LogP contribution >= 0.6 is 0 Å². The van der Waals surface area contributed by atoms with Crippen molar-refractivity contribution in [3.63, 3.8) is 0 Å². The quantitative estimate of drug-likeness (QED) is 0.172. The van der Waals surface area contributed by atoms with E-state index >= 15 is 0 Å². The average Bonchev–Trinajstić information content (AvgIpc) is 3.61. The highest BCUT2D eigenvalue weighted by Gasteiger charge is 2.63. The number of ether oxygens (including phenoxy) is 4. The third kappa shape index (κ3) is 6.45. The largest absolute Gasteiger partial charge is 0.374 e. The molecule has 1 N–H and O–H groups in total. The van der Waals surface area contributed by atoms with Gasteiger partial charge in [0.25, 0.3) is 11.6 Å². The van der Waals surface area contributed by atoms with E-state index in [-0.39, 0.29) is 49.7 Å². The van der Waals surface area contributed by atoms with Crippen LogP contribution in [-0.2, 0) is 43.6 Å². The standard InChI is InChI=1S/C37H35N3O8/c41-35-31-19-37(24-39(31)36(42)29-18-28(40(43)44)16-17-30(29)38-35)34(47-22-27-14-8-3-9-15-27)33(46-21-26-12-6-2-7-13-26)32(48-37)23-45-20-25-10-4-1-5-11-25/h1-18,31-34H,19-24H2,(H,38,41)/t31-,32-,33-,34+,37+/m1/s1. The van der Waals surface area contributed by atoms with Gasteiger partial charge in [-0.15, -0.1) is 0 Å². The molecule has 7 rings (SSSR count). The summed E-state index contributed by atoms with van der Waals surface area (Å²) < 4.78 is 26.4. The predicted molar refractivity (Wildman–Crippen MR) is 175 cm³/mol. The monoisotopic (exact) mass is 649 g/mol. The van der Waals surface area contributed by atoms with Gasteiger partial charge >= 0.3 is 0 Å². The zero-order valence-corrected chi connectivity index (χ0v) is 26.1. The van der Waals surface area contributed by atoms with Crippen LogP contribution in [0.1, 0.15) is 33.5 Å². The lowest BCUT2D eigenvalue weighted by Gasteiger charge is -2.32. The molecule has 246 valence electrons. The lowest BCUT2D eigenvalue weighted by molar-refractivity contribution is -0.384. The smallest absolute Gasteiger partial charge is 0.270 e. The average molecular weight is 650 g/mol. The second-order valence-corrected chi connectivity index (χ2v) is 12.3. The maximum atomic E-state index is 14.0. The number of benzene rings is 4. The first kappa shape index (κ1) is 31.6. The maximum Gasteiger partial charge on any atom is 0.270 e. The molecule has 0 aliphatic carbocycles. The molecule has 1 spiro atoms. The summed E-state index contributed by atoms with van der Waals surface area (Å²) in [5.74, 6) is -0.895. The second kappa shape index (κ2) is 13.7. The van der Waals surface area contributed by atoms with Gasteiger partial charge < -0.3 is 29.2 Å².